The summed E-state index contributed by atoms with van der Waals surface area (Å²) >= 11 is 1.70. The molecule has 1 atom stereocenters. The second-order valence-electron chi connectivity index (χ2n) is 3.49. The summed E-state index contributed by atoms with van der Waals surface area (Å²) in [5.41, 5.74) is 6.49. The predicted octanol–water partition coefficient (Wildman–Crippen LogP) is 2.41. The van der Waals surface area contributed by atoms with Crippen LogP contribution in [-0.2, 0) is 5.75 Å². The Labute approximate surface area is 93.7 Å². The molecule has 0 heterocycles. The monoisotopic (exact) mass is 229 g/mol. The summed E-state index contributed by atoms with van der Waals surface area (Å²) in [5, 5.41) is 9.11. The van der Waals surface area contributed by atoms with Gasteiger partial charge in [0.15, 0.2) is 0 Å². The molecule has 1 rings (SSSR count). The molecule has 3 N–H and O–H groups in total. The lowest BCUT2D eigenvalue weighted by molar-refractivity contribution is 0.289. The number of nitrogens with two attached hydrogens (primary N) is 1. The van der Waals surface area contributed by atoms with E-state index in [2.05, 4.69) is 6.92 Å². The third-order valence-corrected chi connectivity index (χ3v) is 3.44. The van der Waals surface area contributed by atoms with Crippen LogP contribution in [0.25, 0.3) is 0 Å². The van der Waals surface area contributed by atoms with E-state index < -0.39 is 0 Å². The Morgan fingerprint density at radius 3 is 2.87 bits per heavy atom. The fraction of sp³-hybridized carbons (Fsp3) is 0.455. The van der Waals surface area contributed by atoms with E-state index in [4.69, 9.17) is 10.8 Å². The van der Waals surface area contributed by atoms with Crippen LogP contribution in [0.5, 0.6) is 0 Å². The number of rotatable bonds is 5. The van der Waals surface area contributed by atoms with Crippen LogP contribution in [0.4, 0.5) is 10.1 Å². The molecule has 15 heavy (non-hydrogen) atoms. The van der Waals surface area contributed by atoms with E-state index in [1.54, 1.807) is 17.8 Å². The van der Waals surface area contributed by atoms with Crippen LogP contribution in [0, 0.1) is 5.82 Å². The van der Waals surface area contributed by atoms with Crippen molar-refractivity contribution >= 4 is 17.4 Å². The number of anilines is 1. The normalized spacial score (nSPS) is 12.7. The van der Waals surface area contributed by atoms with E-state index in [1.165, 1.54) is 6.07 Å². The lowest BCUT2D eigenvalue weighted by atomic mass is 10.2. The molecule has 84 valence electrons. The maximum Gasteiger partial charge on any atom is 0.146 e. The van der Waals surface area contributed by atoms with E-state index >= 15 is 0 Å². The summed E-state index contributed by atoms with van der Waals surface area (Å²) in [6, 6.07) is 4.88. The van der Waals surface area contributed by atoms with Gasteiger partial charge in [0.2, 0.25) is 0 Å². The molecule has 2 nitrogen and oxygen atoms in total. The highest BCUT2D eigenvalue weighted by Gasteiger charge is 2.04. The Morgan fingerprint density at radius 2 is 2.27 bits per heavy atom. The molecular weight excluding hydrogens is 213 g/mol. The first-order valence-electron chi connectivity index (χ1n) is 4.90. The van der Waals surface area contributed by atoms with Crippen molar-refractivity contribution in [3.8, 4) is 0 Å². The smallest absolute Gasteiger partial charge is 0.146 e. The molecule has 4 heteroatoms. The second kappa shape index (κ2) is 5.98. The lowest BCUT2D eigenvalue weighted by Gasteiger charge is -2.09. The Bertz CT molecular complexity index is 319. The van der Waals surface area contributed by atoms with Crippen molar-refractivity contribution in [1.29, 1.82) is 0 Å². The van der Waals surface area contributed by atoms with Gasteiger partial charge in [0.25, 0.3) is 0 Å². The van der Waals surface area contributed by atoms with Gasteiger partial charge in [0, 0.05) is 17.6 Å². The lowest BCUT2D eigenvalue weighted by Crippen LogP contribution is -2.00. The van der Waals surface area contributed by atoms with Gasteiger partial charge in [0.05, 0.1) is 5.69 Å². The maximum atomic E-state index is 13.1. The zero-order valence-corrected chi connectivity index (χ0v) is 9.56. The van der Waals surface area contributed by atoms with E-state index in [1.807, 2.05) is 6.07 Å². The zero-order valence-electron chi connectivity index (χ0n) is 8.74. The van der Waals surface area contributed by atoms with E-state index in [-0.39, 0.29) is 18.1 Å². The Hall–Kier alpha value is -0.740. The highest BCUT2D eigenvalue weighted by molar-refractivity contribution is 7.99. The van der Waals surface area contributed by atoms with Crippen LogP contribution < -0.4 is 5.73 Å². The number of aliphatic hydroxyl groups excluding tert-OH is 1. The molecule has 0 aliphatic heterocycles. The van der Waals surface area contributed by atoms with Gasteiger partial charge in [-0.3, -0.25) is 0 Å². The van der Waals surface area contributed by atoms with Gasteiger partial charge in [-0.15, -0.1) is 0 Å². The first kappa shape index (κ1) is 12.3. The van der Waals surface area contributed by atoms with Crippen molar-refractivity contribution in [2.24, 2.45) is 0 Å². The summed E-state index contributed by atoms with van der Waals surface area (Å²) in [6.07, 6.45) is 0.766. The number of hydrogen-bond donors (Lipinski definition) is 2. The van der Waals surface area contributed by atoms with Crippen LogP contribution in [0.2, 0.25) is 0 Å². The molecule has 1 aromatic carbocycles. The Balaban J connectivity index is 2.47. The van der Waals surface area contributed by atoms with Crippen LogP contribution in [0.3, 0.4) is 0 Å². The standard InChI is InChI=1S/C11H16FNOS/c1-8(4-5-14)15-7-9-2-3-11(13)10(12)6-9/h2-3,6,8,14H,4-5,7,13H2,1H3. The average Bonchev–Trinajstić information content (AvgIpc) is 2.20. The van der Waals surface area contributed by atoms with Crippen LogP contribution in [0.1, 0.15) is 18.9 Å². The minimum Gasteiger partial charge on any atom is -0.396 e. The average molecular weight is 229 g/mol. The number of nitrogen functional groups attached to an aromatic ring is 1. The topological polar surface area (TPSA) is 46.2 Å². The van der Waals surface area contributed by atoms with Crippen molar-refractivity contribution in [2.45, 2.75) is 24.3 Å². The van der Waals surface area contributed by atoms with Gasteiger partial charge in [-0.25, -0.2) is 4.39 Å². The van der Waals surface area contributed by atoms with Crippen molar-refractivity contribution in [2.75, 3.05) is 12.3 Å². The van der Waals surface area contributed by atoms with Crippen molar-refractivity contribution in [1.82, 2.24) is 0 Å². The van der Waals surface area contributed by atoms with Crippen molar-refractivity contribution < 1.29 is 9.50 Å². The van der Waals surface area contributed by atoms with E-state index in [0.717, 1.165) is 17.7 Å². The van der Waals surface area contributed by atoms with Gasteiger partial charge in [-0.05, 0) is 24.1 Å². The predicted molar refractivity (Wildman–Crippen MR) is 63.3 cm³/mol. The minimum absolute atomic E-state index is 0.187. The summed E-state index contributed by atoms with van der Waals surface area (Å²) in [7, 11) is 0. The summed E-state index contributed by atoms with van der Waals surface area (Å²) < 4.78 is 13.1. The summed E-state index contributed by atoms with van der Waals surface area (Å²) in [6.45, 7) is 2.25. The number of hydrogen-bond acceptors (Lipinski definition) is 3. The van der Waals surface area contributed by atoms with E-state index in [0.29, 0.717) is 5.25 Å². The quantitative estimate of drug-likeness (QED) is 0.762. The first-order chi connectivity index (χ1) is 7.13. The molecule has 0 spiro atoms. The number of thioether (sulfide) groups is 1. The third kappa shape index (κ3) is 4.10. The van der Waals surface area contributed by atoms with Gasteiger partial charge < -0.3 is 10.8 Å². The van der Waals surface area contributed by atoms with Gasteiger partial charge in [0.1, 0.15) is 5.82 Å². The molecule has 0 aliphatic rings. The molecule has 0 amide bonds. The maximum absolute atomic E-state index is 13.1. The number of aliphatic hydroxyl groups is 1. The van der Waals surface area contributed by atoms with Crippen molar-refractivity contribution in [3.05, 3.63) is 29.6 Å². The van der Waals surface area contributed by atoms with Crippen LogP contribution in [-0.4, -0.2) is 17.0 Å². The molecule has 0 radical (unpaired) electrons. The number of halogens is 1. The summed E-state index contributed by atoms with van der Waals surface area (Å²) in [4.78, 5) is 0. The highest BCUT2D eigenvalue weighted by atomic mass is 32.2. The van der Waals surface area contributed by atoms with Gasteiger partial charge >= 0.3 is 0 Å². The molecular formula is C11H16FNOS. The van der Waals surface area contributed by atoms with Gasteiger partial charge in [-0.1, -0.05) is 13.0 Å². The molecule has 0 bridgehead atoms. The summed E-state index contributed by atoms with van der Waals surface area (Å²) in [5.74, 6) is 0.390. The highest BCUT2D eigenvalue weighted by Crippen LogP contribution is 2.21. The molecule has 0 aromatic heterocycles. The third-order valence-electron chi connectivity index (χ3n) is 2.14. The van der Waals surface area contributed by atoms with E-state index in [9.17, 15) is 4.39 Å². The SMILES string of the molecule is CC(CCO)SCc1ccc(N)c(F)c1. The second-order valence-corrected chi connectivity index (χ2v) is 4.92. The van der Waals surface area contributed by atoms with Crippen molar-refractivity contribution in [3.63, 3.8) is 0 Å². The Kier molecular flexibility index (Phi) is 4.91. The molecule has 0 saturated heterocycles. The fourth-order valence-electron chi connectivity index (χ4n) is 1.16. The molecule has 0 fully saturated rings. The molecule has 0 saturated carbocycles. The first-order valence-corrected chi connectivity index (χ1v) is 5.94. The van der Waals surface area contributed by atoms with Crippen LogP contribution in [0.15, 0.2) is 18.2 Å². The zero-order chi connectivity index (χ0) is 11.3. The molecule has 0 aliphatic carbocycles. The Morgan fingerprint density at radius 1 is 1.53 bits per heavy atom. The van der Waals surface area contributed by atoms with Gasteiger partial charge in [-0.2, -0.15) is 11.8 Å². The number of benzene rings is 1. The minimum atomic E-state index is -0.358. The molecule has 1 unspecified atom stereocenters. The fourth-order valence-corrected chi connectivity index (χ4v) is 2.09. The largest absolute Gasteiger partial charge is 0.396 e. The molecule has 1 aromatic rings. The van der Waals surface area contributed by atoms with Crippen LogP contribution >= 0.6 is 11.8 Å².